The first-order valence-corrected chi connectivity index (χ1v) is 8.97. The molecule has 1 aliphatic rings. The Morgan fingerprint density at radius 2 is 1.79 bits per heavy atom. The van der Waals surface area contributed by atoms with Gasteiger partial charge >= 0.3 is 6.03 Å². The van der Waals surface area contributed by atoms with Gasteiger partial charge < -0.3 is 4.57 Å². The number of benzene rings is 2. The van der Waals surface area contributed by atoms with E-state index in [-0.39, 0.29) is 5.57 Å². The molecule has 1 fully saturated rings. The molecule has 2 aromatic carbocycles. The molecule has 0 atom stereocenters. The second kappa shape index (κ2) is 6.65. The Labute approximate surface area is 166 Å². The zero-order valence-electron chi connectivity index (χ0n) is 15.2. The number of rotatable bonds is 2. The predicted molar refractivity (Wildman–Crippen MR) is 108 cm³/mol. The van der Waals surface area contributed by atoms with Crippen LogP contribution in [0, 0.1) is 6.92 Å². The number of para-hydroxylation sites is 1. The second-order valence-corrected chi connectivity index (χ2v) is 6.95. The number of urea groups is 1. The number of aryl methyl sites for hydroxylation is 1. The number of barbiturate groups is 1. The van der Waals surface area contributed by atoms with Crippen molar-refractivity contribution < 1.29 is 14.4 Å². The highest BCUT2D eigenvalue weighted by atomic mass is 35.5. The Morgan fingerprint density at radius 3 is 2.54 bits per heavy atom. The summed E-state index contributed by atoms with van der Waals surface area (Å²) in [5.74, 6) is -1.41. The van der Waals surface area contributed by atoms with Crippen LogP contribution >= 0.6 is 11.6 Å². The number of hydrogen-bond acceptors (Lipinski definition) is 3. The number of halogens is 1. The average Bonchev–Trinajstić information content (AvgIpc) is 2.90. The lowest BCUT2D eigenvalue weighted by Crippen LogP contribution is -2.54. The molecule has 0 spiro atoms. The van der Waals surface area contributed by atoms with Crippen LogP contribution in [0.15, 0.2) is 54.1 Å². The van der Waals surface area contributed by atoms with Gasteiger partial charge in [-0.25, -0.2) is 9.69 Å². The van der Waals surface area contributed by atoms with Gasteiger partial charge in [0.05, 0.1) is 5.69 Å². The highest BCUT2D eigenvalue weighted by molar-refractivity contribution is 6.39. The van der Waals surface area contributed by atoms with Crippen LogP contribution in [0.1, 0.15) is 11.3 Å². The maximum atomic E-state index is 13.0. The Bertz CT molecular complexity index is 1190. The number of nitrogens with zero attached hydrogens (tertiary/aromatic N) is 2. The zero-order chi connectivity index (χ0) is 20.0. The first kappa shape index (κ1) is 18.0. The van der Waals surface area contributed by atoms with E-state index in [0.717, 1.165) is 27.1 Å². The molecular weight excluding hydrogens is 378 g/mol. The third kappa shape index (κ3) is 2.78. The van der Waals surface area contributed by atoms with Gasteiger partial charge in [0.15, 0.2) is 0 Å². The molecule has 3 aromatic rings. The molecule has 2 heterocycles. The van der Waals surface area contributed by atoms with Crippen LogP contribution in [-0.4, -0.2) is 22.4 Å². The van der Waals surface area contributed by atoms with Crippen molar-refractivity contribution in [3.8, 4) is 0 Å². The SMILES string of the molecule is Cc1c(/C=C2\C(=O)NC(=O)N(c3cccc(Cl)c3)C2=O)c2ccccc2n1C. The zero-order valence-corrected chi connectivity index (χ0v) is 15.9. The van der Waals surface area contributed by atoms with Gasteiger partial charge in [0, 0.05) is 34.2 Å². The second-order valence-electron chi connectivity index (χ2n) is 6.51. The van der Waals surface area contributed by atoms with Crippen molar-refractivity contribution in [1.29, 1.82) is 0 Å². The molecule has 28 heavy (non-hydrogen) atoms. The average molecular weight is 394 g/mol. The summed E-state index contributed by atoms with van der Waals surface area (Å²) in [5, 5.41) is 3.53. The smallest absolute Gasteiger partial charge is 0.335 e. The first-order valence-electron chi connectivity index (χ1n) is 8.59. The fourth-order valence-corrected chi connectivity index (χ4v) is 3.57. The number of anilines is 1. The van der Waals surface area contributed by atoms with Crippen LogP contribution < -0.4 is 10.2 Å². The minimum Gasteiger partial charge on any atom is -0.347 e. The lowest BCUT2D eigenvalue weighted by atomic mass is 10.0. The van der Waals surface area contributed by atoms with Gasteiger partial charge in [0.1, 0.15) is 5.57 Å². The van der Waals surface area contributed by atoms with E-state index in [1.165, 1.54) is 6.07 Å². The molecule has 4 amide bonds. The maximum absolute atomic E-state index is 13.0. The van der Waals surface area contributed by atoms with Crippen molar-refractivity contribution in [2.75, 3.05) is 4.90 Å². The van der Waals surface area contributed by atoms with Gasteiger partial charge in [-0.2, -0.15) is 0 Å². The molecule has 0 saturated carbocycles. The van der Waals surface area contributed by atoms with Gasteiger partial charge in [0.25, 0.3) is 11.8 Å². The lowest BCUT2D eigenvalue weighted by molar-refractivity contribution is -0.122. The topological polar surface area (TPSA) is 71.4 Å². The molecule has 4 rings (SSSR count). The molecular formula is C21H16ClN3O3. The minimum absolute atomic E-state index is 0.112. The molecule has 1 saturated heterocycles. The van der Waals surface area contributed by atoms with Gasteiger partial charge in [-0.05, 0) is 37.3 Å². The standard InChI is InChI=1S/C21H16ClN3O3/c1-12-16(15-8-3-4-9-18(15)24(12)2)11-17-19(26)23-21(28)25(20(17)27)14-7-5-6-13(22)10-14/h3-11H,1-2H3,(H,23,26,28)/b17-11+. The van der Waals surface area contributed by atoms with E-state index in [0.29, 0.717) is 10.7 Å². The summed E-state index contributed by atoms with van der Waals surface area (Å²) in [4.78, 5) is 38.7. The van der Waals surface area contributed by atoms with E-state index in [2.05, 4.69) is 5.32 Å². The van der Waals surface area contributed by atoms with Crippen LogP contribution in [0.25, 0.3) is 17.0 Å². The number of amides is 4. The molecule has 0 radical (unpaired) electrons. The number of nitrogens with one attached hydrogen (secondary N) is 1. The van der Waals surface area contributed by atoms with Gasteiger partial charge in [-0.3, -0.25) is 14.9 Å². The van der Waals surface area contributed by atoms with Crippen LogP contribution in [0.3, 0.4) is 0 Å². The van der Waals surface area contributed by atoms with Gasteiger partial charge in [0.2, 0.25) is 0 Å². The lowest BCUT2D eigenvalue weighted by Gasteiger charge is -2.26. The van der Waals surface area contributed by atoms with E-state index in [9.17, 15) is 14.4 Å². The van der Waals surface area contributed by atoms with Crippen molar-refractivity contribution in [3.63, 3.8) is 0 Å². The van der Waals surface area contributed by atoms with Gasteiger partial charge in [-0.15, -0.1) is 0 Å². The molecule has 1 aromatic heterocycles. The van der Waals surface area contributed by atoms with E-state index in [4.69, 9.17) is 11.6 Å². The molecule has 0 aliphatic carbocycles. The Hall–Kier alpha value is -3.38. The summed E-state index contributed by atoms with van der Waals surface area (Å²) in [7, 11) is 1.92. The van der Waals surface area contributed by atoms with Crippen LogP contribution in [-0.2, 0) is 16.6 Å². The number of carbonyl (C=O) groups is 3. The number of imide groups is 2. The number of fused-ring (bicyclic) bond motifs is 1. The summed E-state index contributed by atoms with van der Waals surface area (Å²) >= 11 is 5.99. The maximum Gasteiger partial charge on any atom is 0.335 e. The van der Waals surface area contributed by atoms with Gasteiger partial charge in [-0.1, -0.05) is 35.9 Å². The van der Waals surface area contributed by atoms with Crippen molar-refractivity contribution in [3.05, 3.63) is 70.4 Å². The van der Waals surface area contributed by atoms with E-state index in [1.807, 2.05) is 42.8 Å². The Balaban J connectivity index is 1.86. The highest BCUT2D eigenvalue weighted by Crippen LogP contribution is 2.29. The summed E-state index contributed by atoms with van der Waals surface area (Å²) in [6.07, 6.45) is 1.54. The van der Waals surface area contributed by atoms with Crippen molar-refractivity contribution in [2.24, 2.45) is 7.05 Å². The largest absolute Gasteiger partial charge is 0.347 e. The molecule has 140 valence electrons. The normalized spacial score (nSPS) is 16.2. The minimum atomic E-state index is -0.802. The van der Waals surface area contributed by atoms with E-state index < -0.39 is 17.8 Å². The summed E-state index contributed by atoms with van der Waals surface area (Å²) in [6.45, 7) is 1.91. The van der Waals surface area contributed by atoms with Crippen LogP contribution in [0.2, 0.25) is 5.02 Å². The van der Waals surface area contributed by atoms with Crippen LogP contribution in [0.4, 0.5) is 10.5 Å². The molecule has 0 unspecified atom stereocenters. The Morgan fingerprint density at radius 1 is 1.04 bits per heavy atom. The van der Waals surface area contributed by atoms with Crippen molar-refractivity contribution in [2.45, 2.75) is 6.92 Å². The summed E-state index contributed by atoms with van der Waals surface area (Å²) in [5.41, 5.74) is 2.83. The molecule has 7 heteroatoms. The monoisotopic (exact) mass is 393 g/mol. The van der Waals surface area contributed by atoms with E-state index >= 15 is 0 Å². The summed E-state index contributed by atoms with van der Waals surface area (Å²) in [6, 6.07) is 13.3. The third-order valence-electron chi connectivity index (χ3n) is 4.91. The van der Waals surface area contributed by atoms with E-state index in [1.54, 1.807) is 24.3 Å². The quantitative estimate of drug-likeness (QED) is 0.531. The number of carbonyl (C=O) groups excluding carboxylic acids is 3. The molecule has 1 N–H and O–H groups in total. The predicted octanol–water partition coefficient (Wildman–Crippen LogP) is 3.81. The Kier molecular flexibility index (Phi) is 4.28. The van der Waals surface area contributed by atoms with Crippen molar-refractivity contribution in [1.82, 2.24) is 9.88 Å². The molecule has 6 nitrogen and oxygen atoms in total. The fourth-order valence-electron chi connectivity index (χ4n) is 3.38. The highest BCUT2D eigenvalue weighted by Gasteiger charge is 2.37. The first-order chi connectivity index (χ1) is 13.4. The summed E-state index contributed by atoms with van der Waals surface area (Å²) < 4.78 is 1.99. The third-order valence-corrected chi connectivity index (χ3v) is 5.14. The molecule has 0 bridgehead atoms. The molecule has 1 aliphatic heterocycles. The van der Waals surface area contributed by atoms with Crippen molar-refractivity contribution >= 4 is 52.1 Å². The van der Waals surface area contributed by atoms with Crippen LogP contribution in [0.5, 0.6) is 0 Å². The number of hydrogen-bond donors (Lipinski definition) is 1. The number of aromatic nitrogens is 1. The fraction of sp³-hybridized carbons (Fsp3) is 0.0952.